The van der Waals surface area contributed by atoms with E-state index in [2.05, 4.69) is 85.9 Å². The van der Waals surface area contributed by atoms with Gasteiger partial charge in [-0.3, -0.25) is 0 Å². The number of hydrogen-bond donors (Lipinski definition) is 0. The summed E-state index contributed by atoms with van der Waals surface area (Å²) in [6.45, 7) is 17.7. The molecule has 0 saturated heterocycles. The number of aromatic nitrogens is 2. The average molecular weight is 939 g/mol. The summed E-state index contributed by atoms with van der Waals surface area (Å²) in [5.74, 6) is -2.06. The Labute approximate surface area is 397 Å². The number of halogens is 2. The van der Waals surface area contributed by atoms with Crippen molar-refractivity contribution in [2.75, 3.05) is 18.0 Å². The Hall–Kier alpha value is -4.24. The van der Waals surface area contributed by atoms with Crippen LogP contribution in [0, 0.1) is 34.8 Å². The van der Waals surface area contributed by atoms with Crippen LogP contribution in [0.25, 0.3) is 51.3 Å². The summed E-state index contributed by atoms with van der Waals surface area (Å²) in [4.78, 5) is 18.0. The van der Waals surface area contributed by atoms with Crippen molar-refractivity contribution < 1.29 is 18.3 Å². The van der Waals surface area contributed by atoms with Gasteiger partial charge in [-0.2, -0.15) is 5.26 Å². The van der Waals surface area contributed by atoms with Gasteiger partial charge < -0.3 is 18.8 Å². The summed E-state index contributed by atoms with van der Waals surface area (Å²) in [5.41, 5.74) is 6.72. The van der Waals surface area contributed by atoms with E-state index in [-0.39, 0.29) is 5.75 Å². The van der Waals surface area contributed by atoms with Gasteiger partial charge in [0.15, 0.2) is 0 Å². The van der Waals surface area contributed by atoms with Crippen LogP contribution in [0.2, 0.25) is 0 Å². The predicted molar refractivity (Wildman–Crippen MR) is 275 cm³/mol. The smallest absolute Gasteiger partial charge is 0.353 e. The van der Waals surface area contributed by atoms with Crippen molar-refractivity contribution in [1.82, 2.24) is 9.13 Å². The molecule has 2 aromatic carbocycles. The summed E-state index contributed by atoms with van der Waals surface area (Å²) < 4.78 is 44.6. The first kappa shape index (κ1) is 48.7. The van der Waals surface area contributed by atoms with E-state index in [1.807, 2.05) is 28.7 Å². The molecule has 0 spiro atoms. The van der Waals surface area contributed by atoms with E-state index in [1.54, 1.807) is 0 Å². The van der Waals surface area contributed by atoms with E-state index in [9.17, 15) is 13.6 Å². The highest BCUT2D eigenvalue weighted by atomic mass is 32.1. The van der Waals surface area contributed by atoms with Crippen LogP contribution in [0.15, 0.2) is 48.5 Å². The number of esters is 1. The fourth-order valence-corrected chi connectivity index (χ4v) is 13.3. The summed E-state index contributed by atoms with van der Waals surface area (Å²) in [7, 11) is 0. The van der Waals surface area contributed by atoms with E-state index in [0.29, 0.717) is 16.7 Å². The van der Waals surface area contributed by atoms with Crippen molar-refractivity contribution in [1.29, 1.82) is 5.26 Å². The van der Waals surface area contributed by atoms with Crippen LogP contribution in [0.4, 0.5) is 14.5 Å². The second kappa shape index (κ2) is 23.0. The van der Waals surface area contributed by atoms with E-state index in [0.717, 1.165) is 80.6 Å². The number of nitrogens with zero attached hydrogens (tertiary/aromatic N) is 4. The Kier molecular flexibility index (Phi) is 17.2. The minimum absolute atomic E-state index is 0.266. The Morgan fingerprint density at radius 1 is 0.662 bits per heavy atom. The fraction of sp³-hybridized carbons (Fsp3) is 0.519. The van der Waals surface area contributed by atoms with Gasteiger partial charge in [-0.15, -0.1) is 34.0 Å². The minimum Gasteiger partial charge on any atom is -0.422 e. The van der Waals surface area contributed by atoms with Crippen molar-refractivity contribution in [2.24, 2.45) is 11.8 Å². The zero-order valence-electron chi connectivity index (χ0n) is 39.5. The Morgan fingerprint density at radius 3 is 1.69 bits per heavy atom. The topological polar surface area (TPSA) is 63.2 Å². The number of hydrogen-bond acceptors (Lipinski definition) is 7. The van der Waals surface area contributed by atoms with E-state index < -0.39 is 23.2 Å². The van der Waals surface area contributed by atoms with Crippen molar-refractivity contribution in [3.05, 3.63) is 70.6 Å². The van der Waals surface area contributed by atoms with Crippen LogP contribution in [0.3, 0.4) is 0 Å². The molecule has 7 aromatic rings. The Bertz CT molecular complexity index is 2680. The molecule has 0 radical (unpaired) electrons. The number of carbonyl (C=O) groups is 1. The quantitative estimate of drug-likeness (QED) is 0.0308. The number of thiophene rings is 3. The summed E-state index contributed by atoms with van der Waals surface area (Å²) in [6.07, 6.45) is 19.3. The zero-order chi connectivity index (χ0) is 46.0. The molecule has 5 heterocycles. The number of rotatable bonds is 26. The van der Waals surface area contributed by atoms with E-state index in [1.165, 1.54) is 135 Å². The molecule has 0 aliphatic heterocycles. The number of anilines is 1. The summed E-state index contributed by atoms with van der Waals surface area (Å²) >= 11 is 5.12. The van der Waals surface area contributed by atoms with Crippen LogP contribution in [-0.2, 0) is 13.1 Å². The molecule has 348 valence electrons. The lowest BCUT2D eigenvalue weighted by atomic mass is 9.99. The summed E-state index contributed by atoms with van der Waals surface area (Å²) in [5, 5.41) is 9.16. The third-order valence-corrected chi connectivity index (χ3v) is 17.2. The molecule has 0 aliphatic carbocycles. The number of nitriles is 1. The second-order valence-electron chi connectivity index (χ2n) is 18.1. The third-order valence-electron chi connectivity index (χ3n) is 13.4. The number of ether oxygens (including phenoxy) is 1. The maximum Gasteiger partial charge on any atom is 0.353 e. The van der Waals surface area contributed by atoms with Crippen LogP contribution in [-0.4, -0.2) is 28.2 Å². The maximum atomic E-state index is 14.5. The van der Waals surface area contributed by atoms with E-state index in [4.69, 9.17) is 10.00 Å². The largest absolute Gasteiger partial charge is 0.422 e. The monoisotopic (exact) mass is 938 g/mol. The van der Waals surface area contributed by atoms with Gasteiger partial charge in [0.25, 0.3) is 0 Å². The van der Waals surface area contributed by atoms with Crippen molar-refractivity contribution in [3.63, 3.8) is 0 Å². The number of carbonyl (C=O) groups excluding carboxylic acids is 1. The number of unbranched alkanes of at least 4 members (excludes halogenated alkanes) is 8. The molecule has 5 aromatic heterocycles. The van der Waals surface area contributed by atoms with E-state index >= 15 is 0 Å². The van der Waals surface area contributed by atoms with Crippen LogP contribution < -0.4 is 9.64 Å². The highest BCUT2D eigenvalue weighted by Gasteiger charge is 2.29. The normalized spacial score (nSPS) is 12.8. The molecule has 0 amide bonds. The molecule has 2 unspecified atom stereocenters. The first-order chi connectivity index (χ1) is 31.7. The molecular weight excluding hydrogens is 871 g/mol. The zero-order valence-corrected chi connectivity index (χ0v) is 42.0. The lowest BCUT2D eigenvalue weighted by molar-refractivity contribution is 0.0739. The van der Waals surface area contributed by atoms with Crippen LogP contribution in [0.1, 0.15) is 160 Å². The van der Waals surface area contributed by atoms with Gasteiger partial charge in [-0.25, -0.2) is 13.6 Å². The van der Waals surface area contributed by atoms with Crippen molar-refractivity contribution >= 4 is 86.5 Å². The first-order valence-corrected chi connectivity index (χ1v) is 27.1. The average Bonchev–Trinajstić information content (AvgIpc) is 4.12. The second-order valence-corrected chi connectivity index (χ2v) is 21.2. The van der Waals surface area contributed by atoms with Gasteiger partial charge in [0, 0.05) is 48.9 Å². The van der Waals surface area contributed by atoms with Crippen LogP contribution >= 0.6 is 34.0 Å². The lowest BCUT2D eigenvalue weighted by Crippen LogP contribution is -2.25. The fourth-order valence-electron chi connectivity index (χ4n) is 9.46. The van der Waals surface area contributed by atoms with Crippen molar-refractivity contribution in [2.45, 2.75) is 157 Å². The predicted octanol–water partition coefficient (Wildman–Crippen LogP) is 17.5. The van der Waals surface area contributed by atoms with Crippen LogP contribution in [0.5, 0.6) is 5.75 Å². The highest BCUT2D eigenvalue weighted by molar-refractivity contribution is 7.35. The SMILES string of the molecule is CCCCCCN(CCCCCC)c1ccc(-c2cc3c(s2)c2sc4c5sc(C(=O)Oc6cc(F)c(C#N)c(F)c6)cc5n(CC(CC)CCCC)c4c2n3CC(CC)CCCC)cc1. The molecular formula is C54H68F2N4O2S3. The van der Waals surface area contributed by atoms with Crippen molar-refractivity contribution in [3.8, 4) is 22.3 Å². The third kappa shape index (κ3) is 10.8. The Balaban J connectivity index is 1.33. The molecule has 2 atom stereocenters. The highest BCUT2D eigenvalue weighted by Crippen LogP contribution is 2.51. The Morgan fingerprint density at radius 2 is 1.18 bits per heavy atom. The maximum absolute atomic E-state index is 14.5. The molecule has 0 aliphatic rings. The molecule has 65 heavy (non-hydrogen) atoms. The summed E-state index contributed by atoms with van der Waals surface area (Å²) in [6, 6.07) is 17.0. The number of benzene rings is 2. The van der Waals surface area contributed by atoms with Gasteiger partial charge in [-0.1, -0.05) is 131 Å². The molecule has 0 bridgehead atoms. The van der Waals surface area contributed by atoms with Gasteiger partial charge >= 0.3 is 5.97 Å². The molecule has 7 rings (SSSR count). The number of fused-ring (bicyclic) bond motifs is 7. The molecule has 0 N–H and O–H groups in total. The molecule has 0 saturated carbocycles. The van der Waals surface area contributed by atoms with Gasteiger partial charge in [0.2, 0.25) is 0 Å². The molecule has 11 heteroatoms. The minimum atomic E-state index is -1.06. The van der Waals surface area contributed by atoms with Gasteiger partial charge in [0.05, 0.1) is 40.9 Å². The van der Waals surface area contributed by atoms with Gasteiger partial charge in [-0.05, 0) is 67.3 Å². The van der Waals surface area contributed by atoms with Gasteiger partial charge in [0.1, 0.15) is 33.9 Å². The standard InChI is InChI=1S/C54H68F2N4O2S3/c1-7-13-17-19-27-58(28-20-18-14-8-2)39-25-23-38(24-26-39)46-31-44-50(63-46)52-48(59(44)34-36(11-5)21-15-9-3)49-53(65-52)51-45(60(49)35-37(12-6)22-16-10-4)32-47(64-51)54(61)62-40-29-42(55)41(33-57)43(56)30-40/h23-26,29-32,36-37H,7-22,27-28,34-35H2,1-6H3. The molecule has 0 fully saturated rings. The molecule has 6 nitrogen and oxygen atoms in total. The first-order valence-electron chi connectivity index (χ1n) is 24.6. The lowest BCUT2D eigenvalue weighted by Gasteiger charge is -2.25.